The number of carbonyl (C=O) groups is 2. The van der Waals surface area contributed by atoms with E-state index in [1.807, 2.05) is 36.4 Å². The Labute approximate surface area is 214 Å². The molecule has 1 amide bonds. The number of carbonyl (C=O) groups excluding carboxylic acids is 1. The highest BCUT2D eigenvalue weighted by atomic mass is 19.1. The maximum Gasteiger partial charge on any atom is 0.408 e. The third kappa shape index (κ3) is 5.44. The van der Waals surface area contributed by atoms with E-state index in [-0.39, 0.29) is 30.2 Å². The van der Waals surface area contributed by atoms with Gasteiger partial charge in [0.25, 0.3) is 0 Å². The molecule has 5 rings (SSSR count). The minimum Gasteiger partial charge on any atom is -0.465 e. The summed E-state index contributed by atoms with van der Waals surface area (Å²) in [5, 5.41) is 10.1. The molecular formula is C28H31F2N3O4. The summed E-state index contributed by atoms with van der Waals surface area (Å²) < 4.78 is 34.6. The number of hydrogen-bond donors (Lipinski definition) is 1. The molecule has 9 heteroatoms. The van der Waals surface area contributed by atoms with E-state index in [1.165, 1.54) is 11.0 Å². The van der Waals surface area contributed by atoms with E-state index in [0.29, 0.717) is 44.7 Å². The maximum absolute atomic E-state index is 14.9. The van der Waals surface area contributed by atoms with E-state index in [2.05, 4.69) is 9.80 Å². The van der Waals surface area contributed by atoms with Crippen LogP contribution in [0, 0.1) is 17.6 Å². The Kier molecular flexibility index (Phi) is 7.64. The second-order valence-electron chi connectivity index (χ2n) is 9.84. The van der Waals surface area contributed by atoms with Crippen LogP contribution in [-0.4, -0.2) is 83.8 Å². The molecule has 2 aliphatic heterocycles. The van der Waals surface area contributed by atoms with Crippen molar-refractivity contribution in [1.82, 2.24) is 14.7 Å². The van der Waals surface area contributed by atoms with Crippen molar-refractivity contribution in [2.75, 3.05) is 39.4 Å². The highest BCUT2D eigenvalue weighted by Gasteiger charge is 2.49. The van der Waals surface area contributed by atoms with Crippen molar-refractivity contribution in [3.05, 3.63) is 77.4 Å². The van der Waals surface area contributed by atoms with Gasteiger partial charge in [-0.15, -0.1) is 0 Å². The number of nitrogens with zero attached hydrogens (tertiary/aromatic N) is 3. The predicted octanol–water partition coefficient (Wildman–Crippen LogP) is 4.02. The minimum absolute atomic E-state index is 0.107. The SMILES string of the molecule is O=CCN(C(=O)O)C(C1CC1)C(N1CCOCC1)N1CC(c2cc(F)ccc2F)=C[C@H]1c1ccccc1. The van der Waals surface area contributed by atoms with Gasteiger partial charge in [0.05, 0.1) is 38.0 Å². The van der Waals surface area contributed by atoms with Crippen LogP contribution >= 0.6 is 0 Å². The molecule has 1 saturated heterocycles. The third-order valence-electron chi connectivity index (χ3n) is 7.53. The molecule has 2 fully saturated rings. The molecular weight excluding hydrogens is 480 g/mol. The Morgan fingerprint density at radius 1 is 1.14 bits per heavy atom. The van der Waals surface area contributed by atoms with Gasteiger partial charge >= 0.3 is 6.09 Å². The molecule has 196 valence electrons. The Bertz CT molecular complexity index is 1150. The molecule has 7 nitrogen and oxygen atoms in total. The topological polar surface area (TPSA) is 73.3 Å². The average molecular weight is 512 g/mol. The lowest BCUT2D eigenvalue weighted by Crippen LogP contribution is -2.63. The second-order valence-corrected chi connectivity index (χ2v) is 9.84. The molecule has 0 aromatic heterocycles. The number of ether oxygens (including phenoxy) is 1. The van der Waals surface area contributed by atoms with Crippen molar-refractivity contribution in [3.8, 4) is 0 Å². The van der Waals surface area contributed by atoms with Crippen LogP contribution in [-0.2, 0) is 9.53 Å². The van der Waals surface area contributed by atoms with E-state index in [0.717, 1.165) is 30.5 Å². The lowest BCUT2D eigenvalue weighted by molar-refractivity contribution is -0.111. The number of amides is 1. The molecule has 2 aromatic rings. The van der Waals surface area contributed by atoms with Crippen LogP contribution in [0.1, 0.15) is 30.0 Å². The maximum atomic E-state index is 14.9. The van der Waals surface area contributed by atoms with Crippen LogP contribution < -0.4 is 0 Å². The van der Waals surface area contributed by atoms with Gasteiger partial charge in [-0.05, 0) is 48.1 Å². The summed E-state index contributed by atoms with van der Waals surface area (Å²) in [7, 11) is 0. The lowest BCUT2D eigenvalue weighted by atomic mass is 10.0. The predicted molar refractivity (Wildman–Crippen MR) is 134 cm³/mol. The summed E-state index contributed by atoms with van der Waals surface area (Å²) in [6.07, 6.45) is 2.80. The molecule has 0 radical (unpaired) electrons. The fraction of sp³-hybridized carbons (Fsp3) is 0.429. The molecule has 37 heavy (non-hydrogen) atoms. The monoisotopic (exact) mass is 511 g/mol. The van der Waals surface area contributed by atoms with Crippen molar-refractivity contribution < 1.29 is 28.2 Å². The number of rotatable bonds is 9. The molecule has 2 aromatic carbocycles. The van der Waals surface area contributed by atoms with Crippen molar-refractivity contribution in [2.24, 2.45) is 5.92 Å². The molecule has 2 unspecified atom stereocenters. The van der Waals surface area contributed by atoms with Gasteiger partial charge in [0.1, 0.15) is 17.9 Å². The van der Waals surface area contributed by atoms with Gasteiger partial charge in [-0.3, -0.25) is 14.7 Å². The third-order valence-corrected chi connectivity index (χ3v) is 7.53. The standard InChI is InChI=1S/C28H31F2N3O4/c29-22-8-9-24(30)23(17-22)21-16-25(19-4-2-1-3-5-19)33(18-21)27(31-11-14-37-15-12-31)26(20-6-7-20)32(10-13-34)28(35)36/h1-5,8-9,13,16-17,20,25-27H,6-7,10-12,14-15,18H2,(H,35,36)/t25-,26?,27?/m0/s1. The summed E-state index contributed by atoms with van der Waals surface area (Å²) in [5.74, 6) is -0.915. The zero-order valence-electron chi connectivity index (χ0n) is 20.5. The fourth-order valence-corrected chi connectivity index (χ4v) is 5.72. The highest BCUT2D eigenvalue weighted by Crippen LogP contribution is 2.44. The summed E-state index contributed by atoms with van der Waals surface area (Å²) in [5.41, 5.74) is 1.82. The number of morpholine rings is 1. The highest BCUT2D eigenvalue weighted by molar-refractivity contribution is 5.72. The van der Waals surface area contributed by atoms with E-state index < -0.39 is 23.8 Å². The van der Waals surface area contributed by atoms with E-state index in [4.69, 9.17) is 4.74 Å². The van der Waals surface area contributed by atoms with E-state index in [9.17, 15) is 23.5 Å². The Balaban J connectivity index is 1.61. The number of hydrogen-bond acceptors (Lipinski definition) is 5. The van der Waals surface area contributed by atoms with E-state index in [1.54, 1.807) is 0 Å². The molecule has 0 bridgehead atoms. The van der Waals surface area contributed by atoms with Crippen molar-refractivity contribution in [2.45, 2.75) is 31.1 Å². The summed E-state index contributed by atoms with van der Waals surface area (Å²) in [6, 6.07) is 12.5. The smallest absolute Gasteiger partial charge is 0.408 e. The molecule has 1 N–H and O–H groups in total. The minimum atomic E-state index is -1.14. The first-order chi connectivity index (χ1) is 18.0. The van der Waals surface area contributed by atoms with E-state index >= 15 is 0 Å². The van der Waals surface area contributed by atoms with Crippen LogP contribution in [0.25, 0.3) is 5.57 Å². The molecule has 2 heterocycles. The first-order valence-corrected chi connectivity index (χ1v) is 12.7. The van der Waals surface area contributed by atoms with Gasteiger partial charge in [0, 0.05) is 25.2 Å². The van der Waals surface area contributed by atoms with Gasteiger partial charge in [-0.1, -0.05) is 36.4 Å². The van der Waals surface area contributed by atoms with Crippen LogP contribution in [0.4, 0.5) is 13.6 Å². The quantitative estimate of drug-likeness (QED) is 0.513. The second kappa shape index (κ2) is 11.1. The number of benzene rings is 2. The molecule has 1 saturated carbocycles. The summed E-state index contributed by atoms with van der Waals surface area (Å²) in [4.78, 5) is 29.6. The van der Waals surface area contributed by atoms with Gasteiger partial charge in [0.2, 0.25) is 0 Å². The normalized spacial score (nSPS) is 22.3. The Morgan fingerprint density at radius 3 is 2.51 bits per heavy atom. The molecule has 3 atom stereocenters. The molecule has 0 spiro atoms. The van der Waals surface area contributed by atoms with Gasteiger partial charge in [-0.2, -0.15) is 0 Å². The van der Waals surface area contributed by atoms with Gasteiger partial charge in [0.15, 0.2) is 0 Å². The van der Waals surface area contributed by atoms with Crippen LogP contribution in [0.2, 0.25) is 0 Å². The average Bonchev–Trinajstić information content (AvgIpc) is 3.66. The molecule has 3 aliphatic rings. The van der Waals surface area contributed by atoms with Crippen LogP contribution in [0.15, 0.2) is 54.6 Å². The Morgan fingerprint density at radius 2 is 1.86 bits per heavy atom. The van der Waals surface area contributed by atoms with Gasteiger partial charge in [-0.25, -0.2) is 13.6 Å². The largest absolute Gasteiger partial charge is 0.465 e. The Hall–Kier alpha value is -3.14. The first-order valence-electron chi connectivity index (χ1n) is 12.7. The zero-order chi connectivity index (χ0) is 25.9. The van der Waals surface area contributed by atoms with Crippen molar-refractivity contribution >= 4 is 18.0 Å². The van der Waals surface area contributed by atoms with Crippen LogP contribution in [0.5, 0.6) is 0 Å². The van der Waals surface area contributed by atoms with Crippen LogP contribution in [0.3, 0.4) is 0 Å². The summed E-state index contributed by atoms with van der Waals surface area (Å²) in [6.45, 7) is 2.31. The number of halogens is 2. The lowest BCUT2D eigenvalue weighted by Gasteiger charge is -2.48. The zero-order valence-corrected chi connectivity index (χ0v) is 20.5. The van der Waals surface area contributed by atoms with Crippen molar-refractivity contribution in [3.63, 3.8) is 0 Å². The number of aldehydes is 1. The van der Waals surface area contributed by atoms with Gasteiger partial charge < -0.3 is 14.6 Å². The number of carboxylic acid groups (broad SMARTS) is 1. The van der Waals surface area contributed by atoms with Crippen molar-refractivity contribution in [1.29, 1.82) is 0 Å². The first kappa shape index (κ1) is 25.5. The fourth-order valence-electron chi connectivity index (χ4n) is 5.72. The summed E-state index contributed by atoms with van der Waals surface area (Å²) >= 11 is 0. The molecule has 1 aliphatic carbocycles.